The number of hydrogen-bond acceptors (Lipinski definition) is 6. The predicted molar refractivity (Wildman–Crippen MR) is 129 cm³/mol. The molecule has 2 N–H and O–H groups in total. The molecule has 3 heterocycles. The number of benzene rings is 1. The average Bonchev–Trinajstić information content (AvgIpc) is 3.28. The fraction of sp³-hybridized carbons (Fsp3) is 0.500. The molecule has 0 saturated carbocycles. The number of hydrogen-bond donors (Lipinski definition) is 2. The van der Waals surface area contributed by atoms with E-state index in [1.165, 1.54) is 25.1 Å². The van der Waals surface area contributed by atoms with Crippen molar-refractivity contribution < 1.29 is 18.3 Å². The van der Waals surface area contributed by atoms with Crippen molar-refractivity contribution in [2.24, 2.45) is 5.92 Å². The fourth-order valence-corrected chi connectivity index (χ4v) is 5.86. The number of carboxylic acid groups (broad SMARTS) is 1. The van der Waals surface area contributed by atoms with Gasteiger partial charge in [0.1, 0.15) is 0 Å². The average molecular weight is 473 g/mol. The summed E-state index contributed by atoms with van der Waals surface area (Å²) in [7, 11) is -3.91. The molecule has 178 valence electrons. The van der Waals surface area contributed by atoms with E-state index in [1.807, 2.05) is 13.8 Å². The lowest BCUT2D eigenvalue weighted by atomic mass is 9.97. The maximum Gasteiger partial charge on any atom is 0.337 e. The second kappa shape index (κ2) is 9.69. The Hall–Kier alpha value is -2.65. The Morgan fingerprint density at radius 2 is 1.88 bits per heavy atom. The van der Waals surface area contributed by atoms with Crippen LogP contribution in [0.4, 0.5) is 11.5 Å². The summed E-state index contributed by atoms with van der Waals surface area (Å²) in [6.07, 6.45) is 5.92. The molecule has 2 saturated heterocycles. The van der Waals surface area contributed by atoms with Gasteiger partial charge in [0.05, 0.1) is 16.1 Å². The molecule has 2 fully saturated rings. The van der Waals surface area contributed by atoms with Gasteiger partial charge in [-0.25, -0.2) is 18.2 Å². The van der Waals surface area contributed by atoms with Crippen LogP contribution in [0.25, 0.3) is 0 Å². The van der Waals surface area contributed by atoms with Crippen molar-refractivity contribution in [2.75, 3.05) is 42.3 Å². The van der Waals surface area contributed by atoms with Gasteiger partial charge in [-0.3, -0.25) is 4.72 Å². The SMILES string of the molecule is Cc1ccc(S(=O)(=O)Nc2cc(C(=O)O)cnc2N2CCC[C@@H](CN3CCCC3)C2)cc1C. The van der Waals surface area contributed by atoms with E-state index in [0.717, 1.165) is 56.7 Å². The number of nitrogens with zero attached hydrogens (tertiary/aromatic N) is 3. The number of carboxylic acids is 1. The first-order valence-electron chi connectivity index (χ1n) is 11.5. The molecule has 1 aromatic carbocycles. The van der Waals surface area contributed by atoms with Gasteiger partial charge in [-0.05, 0) is 87.9 Å². The third-order valence-electron chi connectivity index (χ3n) is 6.68. The standard InChI is InChI=1S/C24H32N4O4S/c1-17-7-8-21(12-18(17)2)33(31,32)26-22-13-20(24(29)30)14-25-23(22)28-11-5-6-19(16-28)15-27-9-3-4-10-27/h7-8,12-14,19,26H,3-6,9-11,15-16H2,1-2H3,(H,29,30)/t19-/m0/s1. The summed E-state index contributed by atoms with van der Waals surface area (Å²) >= 11 is 0. The van der Waals surface area contributed by atoms with E-state index in [2.05, 4.69) is 19.5 Å². The number of likely N-dealkylation sites (tertiary alicyclic amines) is 1. The van der Waals surface area contributed by atoms with Crippen LogP contribution in [0.3, 0.4) is 0 Å². The number of sulfonamides is 1. The zero-order valence-electron chi connectivity index (χ0n) is 19.2. The van der Waals surface area contributed by atoms with Gasteiger partial charge in [-0.1, -0.05) is 6.07 Å². The molecule has 8 nitrogen and oxygen atoms in total. The van der Waals surface area contributed by atoms with Gasteiger partial charge in [0.25, 0.3) is 10.0 Å². The quantitative estimate of drug-likeness (QED) is 0.636. The minimum Gasteiger partial charge on any atom is -0.478 e. The second-order valence-corrected chi connectivity index (χ2v) is 10.9. The molecule has 0 bridgehead atoms. The Kier molecular flexibility index (Phi) is 6.90. The smallest absolute Gasteiger partial charge is 0.337 e. The van der Waals surface area contributed by atoms with Crippen molar-refractivity contribution in [1.29, 1.82) is 0 Å². The van der Waals surface area contributed by atoms with Crippen molar-refractivity contribution in [3.05, 3.63) is 47.2 Å². The van der Waals surface area contributed by atoms with E-state index in [-0.39, 0.29) is 16.1 Å². The number of anilines is 2. The molecule has 1 atom stereocenters. The van der Waals surface area contributed by atoms with Crippen molar-refractivity contribution >= 4 is 27.5 Å². The lowest BCUT2D eigenvalue weighted by Gasteiger charge is -2.36. The molecule has 0 aliphatic carbocycles. The van der Waals surface area contributed by atoms with Gasteiger partial charge in [-0.2, -0.15) is 0 Å². The Labute approximate surface area is 195 Å². The van der Waals surface area contributed by atoms with E-state index in [9.17, 15) is 18.3 Å². The second-order valence-electron chi connectivity index (χ2n) is 9.21. The molecule has 2 aromatic rings. The summed E-state index contributed by atoms with van der Waals surface area (Å²) in [4.78, 5) is 20.7. The third kappa shape index (κ3) is 5.47. The van der Waals surface area contributed by atoms with Gasteiger partial charge in [-0.15, -0.1) is 0 Å². The summed E-state index contributed by atoms with van der Waals surface area (Å²) in [6.45, 7) is 8.63. The van der Waals surface area contributed by atoms with Crippen LogP contribution >= 0.6 is 0 Å². The van der Waals surface area contributed by atoms with Crippen LogP contribution in [0.2, 0.25) is 0 Å². The minimum atomic E-state index is -3.91. The molecular formula is C24H32N4O4S. The van der Waals surface area contributed by atoms with Gasteiger partial charge in [0.2, 0.25) is 0 Å². The number of nitrogens with one attached hydrogen (secondary N) is 1. The normalized spacial score (nSPS) is 19.6. The summed E-state index contributed by atoms with van der Waals surface area (Å²) in [5, 5.41) is 9.46. The molecule has 2 aliphatic rings. The molecule has 9 heteroatoms. The van der Waals surface area contributed by atoms with Crippen LogP contribution < -0.4 is 9.62 Å². The molecule has 4 rings (SSSR count). The highest BCUT2D eigenvalue weighted by Crippen LogP contribution is 2.31. The number of carbonyl (C=O) groups is 1. The molecule has 0 radical (unpaired) electrons. The van der Waals surface area contributed by atoms with Crippen molar-refractivity contribution in [2.45, 2.75) is 44.4 Å². The highest BCUT2D eigenvalue weighted by atomic mass is 32.2. The van der Waals surface area contributed by atoms with Gasteiger partial charge in [0.15, 0.2) is 5.82 Å². The third-order valence-corrected chi connectivity index (χ3v) is 8.04. The first-order valence-corrected chi connectivity index (χ1v) is 13.0. The molecular weight excluding hydrogens is 440 g/mol. The molecule has 1 aromatic heterocycles. The van der Waals surface area contributed by atoms with Crippen LogP contribution in [-0.2, 0) is 10.0 Å². The van der Waals surface area contributed by atoms with Crippen LogP contribution in [0.15, 0.2) is 35.4 Å². The fourth-order valence-electron chi connectivity index (χ4n) is 4.72. The van der Waals surface area contributed by atoms with Crippen LogP contribution in [0, 0.1) is 19.8 Å². The van der Waals surface area contributed by atoms with E-state index in [1.54, 1.807) is 18.2 Å². The van der Waals surface area contributed by atoms with Crippen molar-refractivity contribution in [3.63, 3.8) is 0 Å². The first kappa shape index (κ1) is 23.5. The zero-order valence-corrected chi connectivity index (χ0v) is 20.1. The van der Waals surface area contributed by atoms with Gasteiger partial charge < -0.3 is 14.9 Å². The highest BCUT2D eigenvalue weighted by molar-refractivity contribution is 7.92. The summed E-state index contributed by atoms with van der Waals surface area (Å²) in [5.41, 5.74) is 2.02. The van der Waals surface area contributed by atoms with E-state index < -0.39 is 16.0 Å². The lowest BCUT2D eigenvalue weighted by Crippen LogP contribution is -2.41. The van der Waals surface area contributed by atoms with Crippen molar-refractivity contribution in [3.8, 4) is 0 Å². The van der Waals surface area contributed by atoms with Gasteiger partial charge in [0, 0.05) is 25.8 Å². The molecule has 2 aliphatic heterocycles. The Balaban J connectivity index is 1.62. The zero-order chi connectivity index (χ0) is 23.6. The van der Waals surface area contributed by atoms with Crippen molar-refractivity contribution in [1.82, 2.24) is 9.88 Å². The van der Waals surface area contributed by atoms with E-state index in [0.29, 0.717) is 11.7 Å². The van der Waals surface area contributed by atoms with E-state index in [4.69, 9.17) is 0 Å². The monoisotopic (exact) mass is 472 g/mol. The van der Waals surface area contributed by atoms with Crippen LogP contribution in [0.1, 0.15) is 47.2 Å². The summed E-state index contributed by atoms with van der Waals surface area (Å²) in [5.74, 6) is -0.188. The van der Waals surface area contributed by atoms with Crippen LogP contribution in [0.5, 0.6) is 0 Å². The molecule has 33 heavy (non-hydrogen) atoms. The first-order chi connectivity index (χ1) is 15.7. The molecule has 0 spiro atoms. The Morgan fingerprint density at radius 3 is 2.58 bits per heavy atom. The molecule has 0 amide bonds. The number of aromatic carboxylic acids is 1. The number of pyridine rings is 1. The highest BCUT2D eigenvalue weighted by Gasteiger charge is 2.27. The Morgan fingerprint density at radius 1 is 1.12 bits per heavy atom. The minimum absolute atomic E-state index is 0.0536. The number of aromatic nitrogens is 1. The summed E-state index contributed by atoms with van der Waals surface area (Å²) in [6, 6.07) is 6.32. The summed E-state index contributed by atoms with van der Waals surface area (Å²) < 4.78 is 29.0. The van der Waals surface area contributed by atoms with E-state index >= 15 is 0 Å². The lowest BCUT2D eigenvalue weighted by molar-refractivity contribution is 0.0696. The number of rotatable bonds is 7. The number of aryl methyl sites for hydroxylation is 2. The predicted octanol–water partition coefficient (Wildman–Crippen LogP) is 3.51. The maximum atomic E-state index is 13.2. The van der Waals surface area contributed by atoms with Gasteiger partial charge >= 0.3 is 5.97 Å². The number of piperidine rings is 1. The largest absolute Gasteiger partial charge is 0.478 e. The maximum absolute atomic E-state index is 13.2. The topological polar surface area (TPSA) is 103 Å². The molecule has 0 unspecified atom stereocenters. The Bertz CT molecular complexity index is 1130. The van der Waals surface area contributed by atoms with Crippen LogP contribution in [-0.4, -0.2) is 62.1 Å².